The Morgan fingerprint density at radius 3 is 2.21 bits per heavy atom. The van der Waals surface area contributed by atoms with Gasteiger partial charge >= 0.3 is 5.97 Å². The van der Waals surface area contributed by atoms with Crippen LogP contribution in [0.3, 0.4) is 0 Å². The second-order valence-corrected chi connectivity index (χ2v) is 6.43. The molecule has 124 valence electrons. The van der Waals surface area contributed by atoms with E-state index >= 15 is 0 Å². The molecule has 0 bridgehead atoms. The molecule has 5 heteroatoms. The Balaban J connectivity index is 2.26. The molecule has 0 fully saturated rings. The summed E-state index contributed by atoms with van der Waals surface area (Å²) < 4.78 is 5.83. The number of benzene rings is 2. The minimum Gasteiger partial charge on any atom is -0.460 e. The van der Waals surface area contributed by atoms with Gasteiger partial charge in [0.05, 0.1) is 12.5 Å². The van der Waals surface area contributed by atoms with Gasteiger partial charge in [-0.2, -0.15) is 0 Å². The molecule has 0 unspecified atom stereocenters. The Hall–Kier alpha value is -2.02. The molecule has 24 heavy (non-hydrogen) atoms. The maximum absolute atomic E-state index is 12.5. The number of hydrogen-bond donors (Lipinski definition) is 0. The van der Waals surface area contributed by atoms with Crippen molar-refractivity contribution in [3.05, 3.63) is 69.3 Å². The maximum Gasteiger partial charge on any atom is 0.375 e. The first-order valence-corrected chi connectivity index (χ1v) is 8.65. The molecular formula is C19H17IO4. The van der Waals surface area contributed by atoms with Crippen molar-refractivity contribution in [1.82, 2.24) is 0 Å². The van der Waals surface area contributed by atoms with Crippen molar-refractivity contribution in [2.45, 2.75) is 19.3 Å². The molecular weight excluding hydrogens is 419 g/mol. The second kappa shape index (κ2) is 8.73. The van der Waals surface area contributed by atoms with Gasteiger partial charge < -0.3 is 4.74 Å². The maximum atomic E-state index is 12.5. The van der Waals surface area contributed by atoms with E-state index in [-0.39, 0.29) is 18.8 Å². The fourth-order valence-corrected chi connectivity index (χ4v) is 2.69. The topological polar surface area (TPSA) is 60.4 Å². The summed E-state index contributed by atoms with van der Waals surface area (Å²) in [4.78, 5) is 36.8. The van der Waals surface area contributed by atoms with Crippen LogP contribution in [0, 0.1) is 3.57 Å². The lowest BCUT2D eigenvalue weighted by Crippen LogP contribution is -2.26. The monoisotopic (exact) mass is 436 g/mol. The third-order valence-corrected chi connectivity index (χ3v) is 4.27. The molecule has 2 rings (SSSR count). The molecule has 2 aromatic carbocycles. The molecule has 0 spiro atoms. The lowest BCUT2D eigenvalue weighted by Gasteiger charge is -2.15. The van der Waals surface area contributed by atoms with Crippen LogP contribution in [0.15, 0.2) is 54.6 Å². The molecule has 0 saturated heterocycles. The first-order valence-electron chi connectivity index (χ1n) is 7.57. The van der Waals surface area contributed by atoms with E-state index in [2.05, 4.69) is 22.6 Å². The number of halogens is 1. The number of hydrogen-bond acceptors (Lipinski definition) is 4. The Bertz CT molecular complexity index is 723. The predicted molar refractivity (Wildman–Crippen MR) is 98.9 cm³/mol. The molecule has 0 aliphatic heterocycles. The third-order valence-electron chi connectivity index (χ3n) is 3.55. The number of ether oxygens (including phenoxy) is 1. The van der Waals surface area contributed by atoms with Gasteiger partial charge in [-0.25, -0.2) is 4.79 Å². The van der Waals surface area contributed by atoms with Crippen LogP contribution < -0.4 is 0 Å². The lowest BCUT2D eigenvalue weighted by atomic mass is 9.88. The summed E-state index contributed by atoms with van der Waals surface area (Å²) in [5.74, 6) is -2.61. The first kappa shape index (κ1) is 18.3. The van der Waals surface area contributed by atoms with Crippen molar-refractivity contribution in [3.8, 4) is 0 Å². The van der Waals surface area contributed by atoms with Crippen LogP contribution in [0.2, 0.25) is 0 Å². The molecule has 0 amide bonds. The van der Waals surface area contributed by atoms with Crippen molar-refractivity contribution in [3.63, 3.8) is 0 Å². The molecule has 1 atom stereocenters. The van der Waals surface area contributed by atoms with Crippen LogP contribution in [0.1, 0.15) is 35.2 Å². The Morgan fingerprint density at radius 1 is 1.00 bits per heavy atom. The van der Waals surface area contributed by atoms with Crippen LogP contribution >= 0.6 is 22.6 Å². The molecule has 0 aromatic heterocycles. The number of Topliss-reactive ketones (excluding diaryl/α,β-unsaturated/α-hetero) is 2. The highest BCUT2D eigenvalue weighted by Gasteiger charge is 2.30. The highest BCUT2D eigenvalue weighted by molar-refractivity contribution is 14.1. The summed E-state index contributed by atoms with van der Waals surface area (Å²) in [5, 5.41) is 0. The number of ketones is 2. The quantitative estimate of drug-likeness (QED) is 0.287. The summed E-state index contributed by atoms with van der Waals surface area (Å²) in [6.07, 6.45) is -0.0672. The number of rotatable bonds is 7. The van der Waals surface area contributed by atoms with Crippen LogP contribution in [0.5, 0.6) is 0 Å². The zero-order valence-electron chi connectivity index (χ0n) is 13.2. The minimum atomic E-state index is -0.901. The highest BCUT2D eigenvalue weighted by Crippen LogP contribution is 2.24. The zero-order chi connectivity index (χ0) is 17.5. The summed E-state index contributed by atoms with van der Waals surface area (Å²) in [6, 6.07) is 16.0. The van der Waals surface area contributed by atoms with Crippen molar-refractivity contribution in [2.24, 2.45) is 0 Å². The molecule has 0 N–H and O–H groups in total. The second-order valence-electron chi connectivity index (χ2n) is 5.18. The van der Waals surface area contributed by atoms with Gasteiger partial charge in [0.1, 0.15) is 0 Å². The van der Waals surface area contributed by atoms with E-state index in [4.69, 9.17) is 4.74 Å². The molecule has 0 heterocycles. The lowest BCUT2D eigenvalue weighted by molar-refractivity contribution is -0.154. The van der Waals surface area contributed by atoms with E-state index in [1.54, 1.807) is 43.3 Å². The van der Waals surface area contributed by atoms with Crippen LogP contribution in [-0.4, -0.2) is 24.1 Å². The van der Waals surface area contributed by atoms with Gasteiger partial charge in [-0.15, -0.1) is 0 Å². The fraction of sp³-hybridized carbons (Fsp3) is 0.211. The molecule has 0 saturated carbocycles. The molecule has 0 aliphatic rings. The van der Waals surface area contributed by atoms with E-state index in [0.29, 0.717) is 11.1 Å². The number of esters is 1. The van der Waals surface area contributed by atoms with Gasteiger partial charge in [0.15, 0.2) is 5.78 Å². The Labute approximate surface area is 154 Å². The van der Waals surface area contributed by atoms with Crippen LogP contribution in [0.25, 0.3) is 0 Å². The number of carbonyl (C=O) groups is 3. The summed E-state index contributed by atoms with van der Waals surface area (Å²) in [7, 11) is 0. The van der Waals surface area contributed by atoms with Crippen molar-refractivity contribution in [2.75, 3.05) is 6.61 Å². The van der Waals surface area contributed by atoms with Crippen molar-refractivity contribution < 1.29 is 19.1 Å². The average molecular weight is 436 g/mol. The van der Waals surface area contributed by atoms with Crippen LogP contribution in [-0.2, 0) is 14.3 Å². The number of carbonyl (C=O) groups excluding carboxylic acids is 3. The van der Waals surface area contributed by atoms with Gasteiger partial charge in [-0.05, 0) is 47.2 Å². The van der Waals surface area contributed by atoms with E-state index in [1.807, 2.05) is 18.2 Å². The molecule has 0 radical (unpaired) electrons. The average Bonchev–Trinajstić information content (AvgIpc) is 2.60. The summed E-state index contributed by atoms with van der Waals surface area (Å²) in [6.45, 7) is 1.76. The van der Waals surface area contributed by atoms with Crippen LogP contribution in [0.4, 0.5) is 0 Å². The zero-order valence-corrected chi connectivity index (χ0v) is 15.4. The predicted octanol–water partition coefficient (Wildman–Crippen LogP) is 3.78. The molecule has 4 nitrogen and oxygen atoms in total. The standard InChI is InChI=1S/C19H17IO4/c1-2-24-19(23)18(22)16(13-6-4-3-5-7-13)12-17(21)14-8-10-15(20)11-9-14/h3-11,16H,2,12H2,1H3/t16-/m0/s1. The SMILES string of the molecule is CCOC(=O)C(=O)[C@@H](CC(=O)c1ccc(I)cc1)c1ccccc1. The van der Waals surface area contributed by atoms with Gasteiger partial charge in [0.25, 0.3) is 0 Å². The summed E-state index contributed by atoms with van der Waals surface area (Å²) in [5.41, 5.74) is 1.16. The summed E-state index contributed by atoms with van der Waals surface area (Å²) >= 11 is 2.16. The first-order chi connectivity index (χ1) is 11.5. The largest absolute Gasteiger partial charge is 0.460 e. The third kappa shape index (κ3) is 4.74. The van der Waals surface area contributed by atoms with Gasteiger partial charge in [0.2, 0.25) is 5.78 Å². The fourth-order valence-electron chi connectivity index (χ4n) is 2.33. The van der Waals surface area contributed by atoms with Gasteiger partial charge in [0, 0.05) is 15.6 Å². The van der Waals surface area contributed by atoms with Crippen molar-refractivity contribution in [1.29, 1.82) is 0 Å². The molecule has 2 aromatic rings. The molecule has 0 aliphatic carbocycles. The smallest absolute Gasteiger partial charge is 0.375 e. The Kier molecular flexibility index (Phi) is 6.66. The van der Waals surface area contributed by atoms with Gasteiger partial charge in [-0.3, -0.25) is 9.59 Å². The van der Waals surface area contributed by atoms with Crippen molar-refractivity contribution >= 4 is 40.1 Å². The van der Waals surface area contributed by atoms with E-state index < -0.39 is 17.7 Å². The van der Waals surface area contributed by atoms with E-state index in [0.717, 1.165) is 3.57 Å². The van der Waals surface area contributed by atoms with E-state index in [1.165, 1.54) is 0 Å². The Morgan fingerprint density at radius 2 is 1.62 bits per heavy atom. The van der Waals surface area contributed by atoms with E-state index in [9.17, 15) is 14.4 Å². The normalized spacial score (nSPS) is 11.6. The minimum absolute atomic E-state index is 0.0672. The van der Waals surface area contributed by atoms with Gasteiger partial charge in [-0.1, -0.05) is 42.5 Å². The highest BCUT2D eigenvalue weighted by atomic mass is 127.